The van der Waals surface area contributed by atoms with E-state index >= 15 is 0 Å². The van der Waals surface area contributed by atoms with Gasteiger partial charge in [0.1, 0.15) is 11.6 Å². The predicted octanol–water partition coefficient (Wildman–Crippen LogP) is 5.03. The summed E-state index contributed by atoms with van der Waals surface area (Å²) in [5, 5.41) is 18.6. The molecule has 0 atom stereocenters. The van der Waals surface area contributed by atoms with Gasteiger partial charge in [-0.25, -0.2) is 4.39 Å². The predicted molar refractivity (Wildman–Crippen MR) is 126 cm³/mol. The van der Waals surface area contributed by atoms with Gasteiger partial charge in [-0.3, -0.25) is 9.69 Å². The number of amides is 1. The second-order valence-corrected chi connectivity index (χ2v) is 7.93. The van der Waals surface area contributed by atoms with Crippen LogP contribution in [0.2, 0.25) is 0 Å². The van der Waals surface area contributed by atoms with E-state index in [-0.39, 0.29) is 24.0 Å². The van der Waals surface area contributed by atoms with E-state index in [0.717, 1.165) is 0 Å². The minimum Gasteiger partial charge on any atom is -0.504 e. The van der Waals surface area contributed by atoms with Gasteiger partial charge in [0.25, 0.3) is 5.91 Å². The quantitative estimate of drug-likeness (QED) is 0.300. The summed E-state index contributed by atoms with van der Waals surface area (Å²) in [5.74, 6) is 0.391. The molecule has 0 aliphatic carbocycles. The van der Waals surface area contributed by atoms with Gasteiger partial charge in [0.15, 0.2) is 16.7 Å². The molecule has 3 aromatic rings. The molecule has 1 N–H and O–H groups in total. The number of ether oxygens (including phenoxy) is 1. The first kappa shape index (κ1) is 22.3. The van der Waals surface area contributed by atoms with Crippen molar-refractivity contribution in [1.29, 1.82) is 0 Å². The maximum absolute atomic E-state index is 13.2. The molecular weight excluding hydrogens is 445 g/mol. The number of nitrogens with zero attached hydrogens (tertiary/aromatic N) is 3. The Morgan fingerprint density at radius 2 is 1.97 bits per heavy atom. The first-order valence-corrected chi connectivity index (χ1v) is 10.9. The number of halogens is 1. The Labute approximate surface area is 193 Å². The summed E-state index contributed by atoms with van der Waals surface area (Å²) >= 11 is 1.17. The summed E-state index contributed by atoms with van der Waals surface area (Å²) in [7, 11) is 0. The maximum atomic E-state index is 13.2. The molecular formula is C24H20FN3O4S. The van der Waals surface area contributed by atoms with Crippen molar-refractivity contribution in [2.75, 3.05) is 6.61 Å². The molecule has 0 unspecified atom stereocenters. The molecule has 1 amide bonds. The molecule has 33 heavy (non-hydrogen) atoms. The third-order valence-corrected chi connectivity index (χ3v) is 5.58. The van der Waals surface area contributed by atoms with Gasteiger partial charge in [0.05, 0.1) is 30.5 Å². The second kappa shape index (κ2) is 10.2. The molecule has 1 aliphatic rings. The molecule has 0 saturated carbocycles. The van der Waals surface area contributed by atoms with E-state index in [9.17, 15) is 14.3 Å². The molecule has 7 nitrogen and oxygen atoms in total. The van der Waals surface area contributed by atoms with Gasteiger partial charge in [-0.2, -0.15) is 5.10 Å². The lowest BCUT2D eigenvalue weighted by Gasteiger charge is -2.12. The summed E-state index contributed by atoms with van der Waals surface area (Å²) < 4.78 is 24.0. The van der Waals surface area contributed by atoms with Crippen LogP contribution in [0, 0.1) is 5.82 Å². The van der Waals surface area contributed by atoms with Crippen LogP contribution in [0.4, 0.5) is 4.39 Å². The standard InChI is InChI=1S/C24H20FN3O4S/c1-2-31-21-12-17(7-10-20(21)29)14-26-27-24-28(15-19-4-3-11-32-19)23(30)22(33-24)13-16-5-8-18(25)9-6-16/h3-14,29H,2,15H2,1H3/b22-13-,26-14+,27-24-. The normalized spacial score (nSPS) is 16.4. The summed E-state index contributed by atoms with van der Waals surface area (Å²) in [5.41, 5.74) is 1.37. The molecule has 1 fully saturated rings. The molecule has 1 saturated heterocycles. The Balaban J connectivity index is 1.60. The Hall–Kier alpha value is -3.85. The van der Waals surface area contributed by atoms with Crippen LogP contribution >= 0.6 is 11.8 Å². The van der Waals surface area contributed by atoms with Crippen molar-refractivity contribution < 1.29 is 23.4 Å². The number of carbonyl (C=O) groups is 1. The van der Waals surface area contributed by atoms with Crippen LogP contribution in [0.5, 0.6) is 11.5 Å². The number of phenols is 1. The zero-order chi connectivity index (χ0) is 23.2. The number of hydrogen-bond donors (Lipinski definition) is 1. The lowest BCUT2D eigenvalue weighted by Crippen LogP contribution is -2.28. The number of thioether (sulfide) groups is 1. The van der Waals surface area contributed by atoms with Crippen molar-refractivity contribution in [3.05, 3.63) is 88.5 Å². The van der Waals surface area contributed by atoms with Crippen LogP contribution in [-0.2, 0) is 11.3 Å². The summed E-state index contributed by atoms with van der Waals surface area (Å²) in [6.07, 6.45) is 4.73. The number of phenolic OH excluding ortho intramolecular Hbond substituents is 1. The second-order valence-electron chi connectivity index (χ2n) is 6.92. The third-order valence-electron chi connectivity index (χ3n) is 4.58. The van der Waals surface area contributed by atoms with Gasteiger partial charge in [0, 0.05) is 0 Å². The molecule has 0 bridgehead atoms. The molecule has 0 radical (unpaired) electrons. The average Bonchev–Trinajstić information content (AvgIpc) is 3.42. The highest BCUT2D eigenvalue weighted by molar-refractivity contribution is 8.18. The molecule has 9 heteroatoms. The zero-order valence-electron chi connectivity index (χ0n) is 17.6. The SMILES string of the molecule is CCOc1cc(/C=N/N=C2\S/C(=C\c3ccc(F)cc3)C(=O)N2Cc2ccco2)ccc1O. The summed E-state index contributed by atoms with van der Waals surface area (Å²) in [4.78, 5) is 15.0. The molecule has 2 heterocycles. The summed E-state index contributed by atoms with van der Waals surface area (Å²) in [6.45, 7) is 2.44. The fourth-order valence-electron chi connectivity index (χ4n) is 3.02. The van der Waals surface area contributed by atoms with Crippen LogP contribution in [0.25, 0.3) is 6.08 Å². The van der Waals surface area contributed by atoms with Crippen molar-refractivity contribution in [2.24, 2.45) is 10.2 Å². The average molecular weight is 466 g/mol. The highest BCUT2D eigenvalue weighted by Crippen LogP contribution is 2.34. The van der Waals surface area contributed by atoms with Gasteiger partial charge in [-0.1, -0.05) is 12.1 Å². The Morgan fingerprint density at radius 1 is 1.18 bits per heavy atom. The van der Waals surface area contributed by atoms with Gasteiger partial charge in [-0.15, -0.1) is 5.10 Å². The zero-order valence-corrected chi connectivity index (χ0v) is 18.5. The number of amidine groups is 1. The van der Waals surface area contributed by atoms with Crippen LogP contribution in [0.1, 0.15) is 23.8 Å². The largest absolute Gasteiger partial charge is 0.504 e. The minimum absolute atomic E-state index is 0.0393. The topological polar surface area (TPSA) is 87.6 Å². The molecule has 1 aliphatic heterocycles. The monoisotopic (exact) mass is 465 g/mol. The van der Waals surface area contributed by atoms with Crippen molar-refractivity contribution in [1.82, 2.24) is 4.90 Å². The van der Waals surface area contributed by atoms with E-state index in [1.165, 1.54) is 47.3 Å². The van der Waals surface area contributed by atoms with Crippen molar-refractivity contribution in [2.45, 2.75) is 13.5 Å². The lowest BCUT2D eigenvalue weighted by molar-refractivity contribution is -0.122. The Bertz CT molecular complexity index is 1220. The third kappa shape index (κ3) is 5.50. The van der Waals surface area contributed by atoms with Crippen molar-refractivity contribution in [3.8, 4) is 11.5 Å². The molecule has 0 spiro atoms. The number of furan rings is 1. The number of benzene rings is 2. The minimum atomic E-state index is -0.347. The Morgan fingerprint density at radius 3 is 2.70 bits per heavy atom. The van der Waals surface area contributed by atoms with Gasteiger partial charge in [-0.05, 0) is 78.4 Å². The van der Waals surface area contributed by atoms with E-state index < -0.39 is 0 Å². The first-order chi connectivity index (χ1) is 16.0. The van der Waals surface area contributed by atoms with Crippen LogP contribution in [0.15, 0.2) is 80.4 Å². The van der Waals surface area contributed by atoms with Crippen LogP contribution in [-0.4, -0.2) is 33.9 Å². The van der Waals surface area contributed by atoms with Crippen LogP contribution in [0.3, 0.4) is 0 Å². The Kier molecular flexibility index (Phi) is 6.89. The van der Waals surface area contributed by atoms with Gasteiger partial charge >= 0.3 is 0 Å². The van der Waals surface area contributed by atoms with Gasteiger partial charge < -0.3 is 14.3 Å². The highest BCUT2D eigenvalue weighted by atomic mass is 32.2. The maximum Gasteiger partial charge on any atom is 0.267 e. The number of rotatable bonds is 7. The molecule has 4 rings (SSSR count). The number of aromatic hydroxyl groups is 1. The van der Waals surface area contributed by atoms with Gasteiger partial charge in [0.2, 0.25) is 0 Å². The molecule has 168 valence electrons. The lowest BCUT2D eigenvalue weighted by atomic mass is 10.2. The molecule has 2 aromatic carbocycles. The fourth-order valence-corrected chi connectivity index (χ4v) is 3.95. The first-order valence-electron chi connectivity index (χ1n) is 10.1. The van der Waals surface area contributed by atoms with E-state index in [2.05, 4.69) is 10.2 Å². The fraction of sp³-hybridized carbons (Fsp3) is 0.125. The summed E-state index contributed by atoms with van der Waals surface area (Å²) in [6, 6.07) is 14.2. The van der Waals surface area contributed by atoms with E-state index in [1.54, 1.807) is 42.5 Å². The smallest absolute Gasteiger partial charge is 0.267 e. The van der Waals surface area contributed by atoms with E-state index in [0.29, 0.717) is 39.3 Å². The van der Waals surface area contributed by atoms with Crippen LogP contribution < -0.4 is 4.74 Å². The number of carbonyl (C=O) groups excluding carboxylic acids is 1. The highest BCUT2D eigenvalue weighted by Gasteiger charge is 2.34. The number of hydrogen-bond acceptors (Lipinski definition) is 7. The van der Waals surface area contributed by atoms with E-state index in [1.807, 2.05) is 6.92 Å². The molecule has 1 aromatic heterocycles. The van der Waals surface area contributed by atoms with Crippen molar-refractivity contribution in [3.63, 3.8) is 0 Å². The van der Waals surface area contributed by atoms with Crippen molar-refractivity contribution >= 4 is 35.1 Å². The van der Waals surface area contributed by atoms with E-state index in [4.69, 9.17) is 9.15 Å².